The average Bonchev–Trinajstić information content (AvgIpc) is 2.95. The van der Waals surface area contributed by atoms with Crippen molar-refractivity contribution in [2.75, 3.05) is 0 Å². The molecule has 0 spiro atoms. The van der Waals surface area contributed by atoms with E-state index in [4.69, 9.17) is 5.73 Å². The number of aromatic amines is 1. The third kappa shape index (κ3) is 1.95. The van der Waals surface area contributed by atoms with Crippen LogP contribution in [-0.4, -0.2) is 16.3 Å². The summed E-state index contributed by atoms with van der Waals surface area (Å²) in [6, 6.07) is 7.89. The Morgan fingerprint density at radius 3 is 2.78 bits per heavy atom. The van der Waals surface area contributed by atoms with Crippen molar-refractivity contribution in [3.8, 4) is 0 Å². The second-order valence-corrected chi connectivity index (χ2v) is 5.42. The van der Waals surface area contributed by atoms with Gasteiger partial charge in [-0.1, -0.05) is 31.0 Å². The molecule has 0 amide bonds. The maximum absolute atomic E-state index is 12.4. The van der Waals surface area contributed by atoms with Crippen LogP contribution in [0.5, 0.6) is 0 Å². The molecule has 0 aliphatic heterocycles. The molecule has 0 saturated heterocycles. The number of rotatable bonds is 3. The fourth-order valence-corrected chi connectivity index (χ4v) is 2.97. The molecule has 1 aromatic heterocycles. The molecule has 2 aromatic rings. The van der Waals surface area contributed by atoms with E-state index in [1.165, 1.54) is 0 Å². The van der Waals surface area contributed by atoms with Crippen molar-refractivity contribution in [2.45, 2.75) is 37.6 Å². The maximum Gasteiger partial charge on any atom is 0.166 e. The van der Waals surface area contributed by atoms with E-state index in [2.05, 4.69) is 4.98 Å². The molecule has 0 radical (unpaired) electrons. The first-order valence-electron chi connectivity index (χ1n) is 6.56. The SMILES string of the molecule is NC1(CC(=O)c2c[nH]c3ccccc23)CCCC1. The Morgan fingerprint density at radius 2 is 2.00 bits per heavy atom. The Balaban J connectivity index is 1.88. The van der Waals surface area contributed by atoms with Gasteiger partial charge in [0, 0.05) is 34.6 Å². The molecular weight excluding hydrogens is 224 g/mol. The van der Waals surface area contributed by atoms with Crippen LogP contribution >= 0.6 is 0 Å². The van der Waals surface area contributed by atoms with Crippen LogP contribution in [0.2, 0.25) is 0 Å². The van der Waals surface area contributed by atoms with Gasteiger partial charge in [-0.15, -0.1) is 0 Å². The molecule has 1 aliphatic rings. The standard InChI is InChI=1S/C15H18N2O/c16-15(7-3-4-8-15)9-14(18)12-10-17-13-6-2-1-5-11(12)13/h1-2,5-6,10,17H,3-4,7-9,16H2. The van der Waals surface area contributed by atoms with Crippen LogP contribution in [0.1, 0.15) is 42.5 Å². The number of para-hydroxylation sites is 1. The van der Waals surface area contributed by atoms with Crippen molar-refractivity contribution in [3.05, 3.63) is 36.0 Å². The smallest absolute Gasteiger partial charge is 0.166 e. The predicted octanol–water partition coefficient (Wildman–Crippen LogP) is 3.01. The highest BCUT2D eigenvalue weighted by Crippen LogP contribution is 2.32. The van der Waals surface area contributed by atoms with Gasteiger partial charge in [0.05, 0.1) is 0 Å². The minimum Gasteiger partial charge on any atom is -0.360 e. The number of carbonyl (C=O) groups is 1. The number of nitrogens with one attached hydrogen (secondary N) is 1. The maximum atomic E-state index is 12.4. The zero-order chi connectivity index (χ0) is 12.6. The predicted molar refractivity (Wildman–Crippen MR) is 72.6 cm³/mol. The van der Waals surface area contributed by atoms with Gasteiger partial charge in [-0.3, -0.25) is 4.79 Å². The summed E-state index contributed by atoms with van der Waals surface area (Å²) in [7, 11) is 0. The van der Waals surface area contributed by atoms with Crippen LogP contribution in [-0.2, 0) is 0 Å². The van der Waals surface area contributed by atoms with Crippen molar-refractivity contribution in [1.82, 2.24) is 4.98 Å². The minimum atomic E-state index is -0.268. The molecule has 18 heavy (non-hydrogen) atoms. The van der Waals surface area contributed by atoms with E-state index in [-0.39, 0.29) is 11.3 Å². The van der Waals surface area contributed by atoms with Crippen molar-refractivity contribution in [1.29, 1.82) is 0 Å². The molecule has 94 valence electrons. The van der Waals surface area contributed by atoms with Crippen molar-refractivity contribution >= 4 is 16.7 Å². The topological polar surface area (TPSA) is 58.9 Å². The number of fused-ring (bicyclic) bond motifs is 1. The lowest BCUT2D eigenvalue weighted by molar-refractivity contribution is 0.0954. The normalized spacial score (nSPS) is 18.3. The van der Waals surface area contributed by atoms with Crippen molar-refractivity contribution in [2.24, 2.45) is 5.73 Å². The zero-order valence-corrected chi connectivity index (χ0v) is 10.4. The summed E-state index contributed by atoms with van der Waals surface area (Å²) in [6.45, 7) is 0. The van der Waals surface area contributed by atoms with Gasteiger partial charge in [-0.25, -0.2) is 0 Å². The lowest BCUT2D eigenvalue weighted by Gasteiger charge is -2.22. The van der Waals surface area contributed by atoms with Gasteiger partial charge in [0.1, 0.15) is 0 Å². The Labute approximate surface area is 106 Å². The minimum absolute atomic E-state index is 0.164. The summed E-state index contributed by atoms with van der Waals surface area (Å²) in [4.78, 5) is 15.5. The lowest BCUT2D eigenvalue weighted by Crippen LogP contribution is -2.38. The molecule has 3 heteroatoms. The molecular formula is C15H18N2O. The first-order chi connectivity index (χ1) is 8.68. The molecule has 3 nitrogen and oxygen atoms in total. The van der Waals surface area contributed by atoms with Crippen LogP contribution in [0.15, 0.2) is 30.5 Å². The molecule has 0 atom stereocenters. The lowest BCUT2D eigenvalue weighted by atomic mass is 9.90. The summed E-state index contributed by atoms with van der Waals surface area (Å²) < 4.78 is 0. The van der Waals surface area contributed by atoms with E-state index in [0.717, 1.165) is 42.1 Å². The number of Topliss-reactive ketones (excluding diaryl/α,β-unsaturated/α-hetero) is 1. The number of nitrogens with two attached hydrogens (primary N) is 1. The molecule has 1 heterocycles. The average molecular weight is 242 g/mol. The summed E-state index contributed by atoms with van der Waals surface area (Å²) >= 11 is 0. The van der Waals surface area contributed by atoms with Crippen LogP contribution in [0.4, 0.5) is 0 Å². The van der Waals surface area contributed by atoms with Gasteiger partial charge in [0.2, 0.25) is 0 Å². The van der Waals surface area contributed by atoms with E-state index >= 15 is 0 Å². The molecule has 1 aromatic carbocycles. The number of hydrogen-bond donors (Lipinski definition) is 2. The Kier molecular flexibility index (Phi) is 2.71. The van der Waals surface area contributed by atoms with E-state index < -0.39 is 0 Å². The van der Waals surface area contributed by atoms with E-state index in [9.17, 15) is 4.79 Å². The molecule has 0 bridgehead atoms. The number of hydrogen-bond acceptors (Lipinski definition) is 2. The first-order valence-corrected chi connectivity index (χ1v) is 6.56. The van der Waals surface area contributed by atoms with Crippen molar-refractivity contribution < 1.29 is 4.79 Å². The monoisotopic (exact) mass is 242 g/mol. The molecule has 0 unspecified atom stereocenters. The fourth-order valence-electron chi connectivity index (χ4n) is 2.97. The first kappa shape index (κ1) is 11.5. The third-order valence-corrected chi connectivity index (χ3v) is 4.00. The number of H-pyrrole nitrogens is 1. The number of carbonyl (C=O) groups excluding carboxylic acids is 1. The molecule has 3 rings (SSSR count). The second kappa shape index (κ2) is 4.25. The number of aromatic nitrogens is 1. The van der Waals surface area contributed by atoms with E-state index in [1.807, 2.05) is 30.5 Å². The van der Waals surface area contributed by atoms with Crippen LogP contribution in [0.25, 0.3) is 10.9 Å². The van der Waals surface area contributed by atoms with Gasteiger partial charge in [0.15, 0.2) is 5.78 Å². The van der Waals surface area contributed by atoms with Gasteiger partial charge in [-0.05, 0) is 18.9 Å². The van der Waals surface area contributed by atoms with Crippen LogP contribution < -0.4 is 5.73 Å². The highest BCUT2D eigenvalue weighted by atomic mass is 16.1. The van der Waals surface area contributed by atoms with Gasteiger partial charge < -0.3 is 10.7 Å². The number of ketones is 1. The largest absolute Gasteiger partial charge is 0.360 e. The van der Waals surface area contributed by atoms with Crippen LogP contribution in [0, 0.1) is 0 Å². The number of benzene rings is 1. The molecule has 3 N–H and O–H groups in total. The zero-order valence-electron chi connectivity index (χ0n) is 10.4. The molecule has 1 aliphatic carbocycles. The Morgan fingerprint density at radius 1 is 1.28 bits per heavy atom. The Hall–Kier alpha value is -1.61. The van der Waals surface area contributed by atoms with Crippen molar-refractivity contribution in [3.63, 3.8) is 0 Å². The summed E-state index contributed by atoms with van der Waals surface area (Å²) in [6.07, 6.45) is 6.53. The fraction of sp³-hybridized carbons (Fsp3) is 0.400. The summed E-state index contributed by atoms with van der Waals surface area (Å²) in [5.74, 6) is 0.164. The van der Waals surface area contributed by atoms with Gasteiger partial charge >= 0.3 is 0 Å². The van der Waals surface area contributed by atoms with Gasteiger partial charge in [0.25, 0.3) is 0 Å². The van der Waals surface area contributed by atoms with Crippen LogP contribution in [0.3, 0.4) is 0 Å². The second-order valence-electron chi connectivity index (χ2n) is 5.42. The van der Waals surface area contributed by atoms with E-state index in [0.29, 0.717) is 6.42 Å². The Bertz CT molecular complexity index is 579. The molecule has 1 saturated carbocycles. The molecule has 1 fully saturated rings. The van der Waals surface area contributed by atoms with E-state index in [1.54, 1.807) is 0 Å². The summed E-state index contributed by atoms with van der Waals surface area (Å²) in [5.41, 5.74) is 7.80. The highest BCUT2D eigenvalue weighted by molar-refractivity contribution is 6.08. The highest BCUT2D eigenvalue weighted by Gasteiger charge is 2.32. The van der Waals surface area contributed by atoms with Gasteiger partial charge in [-0.2, -0.15) is 0 Å². The quantitative estimate of drug-likeness (QED) is 0.813. The summed E-state index contributed by atoms with van der Waals surface area (Å²) in [5, 5.41) is 1.00. The third-order valence-electron chi connectivity index (χ3n) is 4.00.